The molecule has 0 unspecified atom stereocenters. The molecule has 0 atom stereocenters. The van der Waals surface area contributed by atoms with Crippen LogP contribution < -0.4 is 15.2 Å². The van der Waals surface area contributed by atoms with E-state index < -0.39 is 0 Å². The predicted octanol–water partition coefficient (Wildman–Crippen LogP) is 3.76. The summed E-state index contributed by atoms with van der Waals surface area (Å²) in [6, 6.07) is 12.9. The van der Waals surface area contributed by atoms with Gasteiger partial charge in [0.15, 0.2) is 5.58 Å². The highest BCUT2D eigenvalue weighted by molar-refractivity contribution is 6.31. The van der Waals surface area contributed by atoms with Crippen LogP contribution in [0.15, 0.2) is 51.7 Å². The first-order valence-corrected chi connectivity index (χ1v) is 9.32. The molecular formula is C20H21ClN2O4. The van der Waals surface area contributed by atoms with Crippen molar-refractivity contribution in [2.75, 3.05) is 20.2 Å². The molecular weight excluding hydrogens is 368 g/mol. The summed E-state index contributed by atoms with van der Waals surface area (Å²) in [5.41, 5.74) is 1.28. The van der Waals surface area contributed by atoms with E-state index in [1.165, 1.54) is 0 Å². The van der Waals surface area contributed by atoms with Gasteiger partial charge in [-0.2, -0.15) is 0 Å². The number of rotatable bonds is 5. The van der Waals surface area contributed by atoms with Crippen LogP contribution in [0.5, 0.6) is 11.5 Å². The number of aromatic nitrogens is 1. The average molecular weight is 389 g/mol. The van der Waals surface area contributed by atoms with E-state index in [-0.39, 0.29) is 11.9 Å². The minimum Gasteiger partial charge on any atom is -0.497 e. The van der Waals surface area contributed by atoms with Crippen LogP contribution in [0.4, 0.5) is 0 Å². The second-order valence-electron chi connectivity index (χ2n) is 6.66. The fourth-order valence-corrected chi connectivity index (χ4v) is 3.55. The summed E-state index contributed by atoms with van der Waals surface area (Å²) >= 11 is 5.97. The van der Waals surface area contributed by atoms with Gasteiger partial charge in [0, 0.05) is 24.2 Å². The third-order valence-electron chi connectivity index (χ3n) is 4.87. The van der Waals surface area contributed by atoms with E-state index >= 15 is 0 Å². The van der Waals surface area contributed by atoms with Crippen molar-refractivity contribution in [1.82, 2.24) is 9.47 Å². The normalized spacial score (nSPS) is 15.9. The van der Waals surface area contributed by atoms with Crippen molar-refractivity contribution in [1.29, 1.82) is 0 Å². The molecule has 0 radical (unpaired) electrons. The molecule has 142 valence electrons. The summed E-state index contributed by atoms with van der Waals surface area (Å²) in [5, 5.41) is 0.555. The monoisotopic (exact) mass is 388 g/mol. The quantitative estimate of drug-likeness (QED) is 0.666. The number of benzene rings is 2. The lowest BCUT2D eigenvalue weighted by atomic mass is 10.1. The van der Waals surface area contributed by atoms with E-state index in [9.17, 15) is 4.79 Å². The van der Waals surface area contributed by atoms with Gasteiger partial charge in [0.2, 0.25) is 0 Å². The van der Waals surface area contributed by atoms with Crippen molar-refractivity contribution in [3.63, 3.8) is 0 Å². The lowest BCUT2D eigenvalue weighted by Gasteiger charge is -2.32. The summed E-state index contributed by atoms with van der Waals surface area (Å²) in [4.78, 5) is 14.4. The Hall–Kier alpha value is -2.44. The highest BCUT2D eigenvalue weighted by Gasteiger charge is 2.22. The van der Waals surface area contributed by atoms with Gasteiger partial charge in [0.05, 0.1) is 19.3 Å². The standard InChI is InChI=1S/C20H21ClN2O4/c1-25-15-3-5-16(6-4-15)26-17-8-10-22(11-9-17)13-23-18-7-2-14(21)12-19(18)27-20(23)24/h2-7,12,17H,8-11,13H2,1H3. The Morgan fingerprint density at radius 3 is 2.52 bits per heavy atom. The van der Waals surface area contributed by atoms with Crippen molar-refractivity contribution >= 4 is 22.7 Å². The number of fused-ring (bicyclic) bond motifs is 1. The zero-order valence-electron chi connectivity index (χ0n) is 15.1. The SMILES string of the molecule is COc1ccc(OC2CCN(Cn3c(=O)oc4cc(Cl)ccc43)CC2)cc1. The first kappa shape index (κ1) is 17.9. The average Bonchev–Trinajstić information content (AvgIpc) is 2.98. The van der Waals surface area contributed by atoms with Gasteiger partial charge in [-0.1, -0.05) is 11.6 Å². The molecule has 0 saturated carbocycles. The number of ether oxygens (including phenoxy) is 2. The zero-order valence-corrected chi connectivity index (χ0v) is 15.8. The Labute approximate surface area is 161 Å². The van der Waals surface area contributed by atoms with Crippen LogP contribution in [0, 0.1) is 0 Å². The van der Waals surface area contributed by atoms with E-state index in [2.05, 4.69) is 4.90 Å². The highest BCUT2D eigenvalue weighted by Crippen LogP contribution is 2.23. The molecule has 0 N–H and O–H groups in total. The van der Waals surface area contributed by atoms with E-state index in [0.717, 1.165) is 42.9 Å². The van der Waals surface area contributed by atoms with Crippen molar-refractivity contribution in [3.8, 4) is 11.5 Å². The molecule has 0 spiro atoms. The molecule has 0 aliphatic carbocycles. The van der Waals surface area contributed by atoms with Crippen LogP contribution in [-0.4, -0.2) is 35.8 Å². The minimum atomic E-state index is -0.358. The van der Waals surface area contributed by atoms with Crippen molar-refractivity contribution in [2.24, 2.45) is 0 Å². The van der Waals surface area contributed by atoms with Crippen molar-refractivity contribution in [3.05, 3.63) is 58.0 Å². The van der Waals surface area contributed by atoms with Crippen LogP contribution in [0.1, 0.15) is 12.8 Å². The first-order chi connectivity index (χ1) is 13.1. The highest BCUT2D eigenvalue weighted by atomic mass is 35.5. The minimum absolute atomic E-state index is 0.172. The second-order valence-corrected chi connectivity index (χ2v) is 7.10. The number of hydrogen-bond acceptors (Lipinski definition) is 5. The van der Waals surface area contributed by atoms with E-state index in [0.29, 0.717) is 17.3 Å². The largest absolute Gasteiger partial charge is 0.497 e. The van der Waals surface area contributed by atoms with Gasteiger partial charge >= 0.3 is 5.76 Å². The van der Waals surface area contributed by atoms with Gasteiger partial charge in [-0.05, 0) is 49.2 Å². The molecule has 7 heteroatoms. The smallest absolute Gasteiger partial charge is 0.421 e. The Balaban J connectivity index is 1.37. The molecule has 0 amide bonds. The Morgan fingerprint density at radius 2 is 1.81 bits per heavy atom. The fourth-order valence-electron chi connectivity index (χ4n) is 3.39. The number of nitrogens with zero attached hydrogens (tertiary/aromatic N) is 2. The van der Waals surface area contributed by atoms with Gasteiger partial charge in [-0.3, -0.25) is 9.47 Å². The second kappa shape index (κ2) is 7.66. The summed E-state index contributed by atoms with van der Waals surface area (Å²) in [6.07, 6.45) is 1.98. The maximum atomic E-state index is 12.2. The zero-order chi connectivity index (χ0) is 18.8. The number of hydrogen-bond donors (Lipinski definition) is 0. The molecule has 4 rings (SSSR count). The molecule has 27 heavy (non-hydrogen) atoms. The number of likely N-dealkylation sites (tertiary alicyclic amines) is 1. The molecule has 1 aliphatic rings. The van der Waals surface area contributed by atoms with E-state index in [1.807, 2.05) is 30.3 Å². The maximum Gasteiger partial charge on any atom is 0.421 e. The summed E-state index contributed by atoms with van der Waals surface area (Å²) in [5.74, 6) is 1.31. The number of oxazole rings is 1. The molecule has 1 aromatic heterocycles. The lowest BCUT2D eigenvalue weighted by molar-refractivity contribution is 0.0828. The van der Waals surface area contributed by atoms with Crippen LogP contribution in [0.2, 0.25) is 5.02 Å². The van der Waals surface area contributed by atoms with Crippen LogP contribution >= 0.6 is 11.6 Å². The van der Waals surface area contributed by atoms with E-state index in [1.54, 1.807) is 23.8 Å². The predicted molar refractivity (Wildman–Crippen MR) is 104 cm³/mol. The third-order valence-corrected chi connectivity index (χ3v) is 5.10. The number of methoxy groups -OCH3 is 1. The maximum absolute atomic E-state index is 12.2. The van der Waals surface area contributed by atoms with Gasteiger partial charge in [0.25, 0.3) is 0 Å². The molecule has 6 nitrogen and oxygen atoms in total. The van der Waals surface area contributed by atoms with Crippen LogP contribution in [0.3, 0.4) is 0 Å². The molecule has 3 aromatic rings. The lowest BCUT2D eigenvalue weighted by Crippen LogP contribution is -2.40. The fraction of sp³-hybridized carbons (Fsp3) is 0.350. The molecule has 0 bridgehead atoms. The Bertz CT molecular complexity index is 972. The first-order valence-electron chi connectivity index (χ1n) is 8.94. The van der Waals surface area contributed by atoms with Crippen LogP contribution in [0.25, 0.3) is 11.1 Å². The van der Waals surface area contributed by atoms with Gasteiger partial charge in [0.1, 0.15) is 17.6 Å². The molecule has 2 heterocycles. The summed E-state index contributed by atoms with van der Waals surface area (Å²) in [7, 11) is 1.65. The molecule has 1 fully saturated rings. The van der Waals surface area contributed by atoms with Gasteiger partial charge in [-0.15, -0.1) is 0 Å². The van der Waals surface area contributed by atoms with Crippen LogP contribution in [-0.2, 0) is 6.67 Å². The number of halogens is 1. The summed E-state index contributed by atoms with van der Waals surface area (Å²) < 4.78 is 18.2. The van der Waals surface area contributed by atoms with E-state index in [4.69, 9.17) is 25.5 Å². The Morgan fingerprint density at radius 1 is 1.11 bits per heavy atom. The molecule has 2 aromatic carbocycles. The Kier molecular flexibility index (Phi) is 5.09. The topological polar surface area (TPSA) is 56.8 Å². The van der Waals surface area contributed by atoms with Crippen molar-refractivity contribution in [2.45, 2.75) is 25.6 Å². The van der Waals surface area contributed by atoms with Gasteiger partial charge in [-0.25, -0.2) is 4.79 Å². The molecule has 1 saturated heterocycles. The van der Waals surface area contributed by atoms with Gasteiger partial charge < -0.3 is 13.9 Å². The molecule has 1 aliphatic heterocycles. The summed E-state index contributed by atoms with van der Waals surface area (Å²) in [6.45, 7) is 2.21. The van der Waals surface area contributed by atoms with Crippen molar-refractivity contribution < 1.29 is 13.9 Å². The third kappa shape index (κ3) is 3.96. The number of piperidine rings is 1.